The third-order valence-electron chi connectivity index (χ3n) is 10.3. The van der Waals surface area contributed by atoms with Gasteiger partial charge in [-0.15, -0.1) is 0 Å². The Bertz CT molecular complexity index is 1350. The van der Waals surface area contributed by atoms with Crippen LogP contribution in [0, 0.1) is 11.8 Å². The third kappa shape index (κ3) is 11.7. The van der Waals surface area contributed by atoms with Gasteiger partial charge in [-0.3, -0.25) is 9.59 Å². The van der Waals surface area contributed by atoms with Gasteiger partial charge in [0.2, 0.25) is 11.8 Å². The van der Waals surface area contributed by atoms with E-state index in [2.05, 4.69) is 10.6 Å². The van der Waals surface area contributed by atoms with Crippen molar-refractivity contribution in [1.29, 1.82) is 0 Å². The van der Waals surface area contributed by atoms with E-state index < -0.39 is 178 Å². The van der Waals surface area contributed by atoms with Crippen LogP contribution in [0.5, 0.6) is 0 Å². The molecule has 2 amide bonds. The first-order valence-electron chi connectivity index (χ1n) is 18.7. The number of carbonyl (C=O) groups excluding carboxylic acids is 2. The average molecular weight is 849 g/mol. The summed E-state index contributed by atoms with van der Waals surface area (Å²) < 4.78 is 34.1. The normalized spacial score (nSPS) is 36.4. The molecule has 20 atom stereocenters. The first-order valence-corrected chi connectivity index (χ1v) is 18.7. The molecule has 3 rings (SSSR count). The first-order chi connectivity index (χ1) is 26.9. The Balaban J connectivity index is 1.84. The third-order valence-corrected chi connectivity index (χ3v) is 10.3. The van der Waals surface area contributed by atoms with Crippen LogP contribution in [-0.2, 0) is 42.8 Å². The Morgan fingerprint density at radius 1 is 0.845 bits per heavy atom. The van der Waals surface area contributed by atoms with Gasteiger partial charge >= 0.3 is 5.97 Å². The van der Waals surface area contributed by atoms with Gasteiger partial charge in [-0.1, -0.05) is 6.92 Å². The predicted octanol–water partition coefficient (Wildman–Crippen LogP) is -6.98. The molecule has 2 aliphatic heterocycles. The SMILES string of the molecule is CC(=O)NC1C(O)CC(OC2(O)CC3OC(OC(CO)OC(OC(C(C)O)C(O)C(O)C(C)CO)C(NC(C)=O)C(C)O)C(O)C(O)C32)(C(=O)O)OC1CC(O)CO. The van der Waals surface area contributed by atoms with Gasteiger partial charge in [0, 0.05) is 45.6 Å². The molecule has 1 saturated carbocycles. The van der Waals surface area contributed by atoms with E-state index in [-0.39, 0.29) is 0 Å². The lowest BCUT2D eigenvalue weighted by Crippen LogP contribution is -2.75. The standard InChI is InChI=1S/C34H60N2O22/c1-12(9-37)25(46)27(48)29(14(3)41)56-30(23(13(2)40)35-15(4)42)54-21(11-39)55-31-28(49)26(47)22-20(53-31)8-33(22,52)58-34(32(50)51)7-18(45)24(36-16(5)43)19(57-34)6-17(44)10-38/h12-14,17-31,37-41,44-49,52H,6-11H2,1-5H3,(H,35,42)(H,36,43)(H,50,51). The van der Waals surface area contributed by atoms with Gasteiger partial charge in [-0.05, 0) is 13.8 Å². The number of aliphatic carboxylic acids is 1. The number of aliphatic hydroxyl groups is 12. The van der Waals surface area contributed by atoms with Gasteiger partial charge in [-0.25, -0.2) is 4.79 Å². The van der Waals surface area contributed by atoms with Crippen molar-refractivity contribution in [3.05, 3.63) is 0 Å². The minimum absolute atomic E-state index is 0.501. The lowest BCUT2D eigenvalue weighted by molar-refractivity contribution is -0.457. The van der Waals surface area contributed by atoms with Crippen molar-refractivity contribution in [1.82, 2.24) is 10.6 Å². The summed E-state index contributed by atoms with van der Waals surface area (Å²) in [6.45, 7) is 3.54. The Morgan fingerprint density at radius 2 is 1.48 bits per heavy atom. The maximum absolute atomic E-state index is 12.7. The molecule has 0 aromatic rings. The highest BCUT2D eigenvalue weighted by atomic mass is 16.8. The number of fused-ring (bicyclic) bond motifs is 1. The molecule has 0 bridgehead atoms. The Hall–Kier alpha value is -2.31. The number of carbonyl (C=O) groups is 3. The smallest absolute Gasteiger partial charge is 0.364 e. The number of carboxylic acids is 1. The first kappa shape index (κ1) is 50.0. The van der Waals surface area contributed by atoms with Crippen LogP contribution in [0.25, 0.3) is 0 Å². The fraction of sp³-hybridized carbons (Fsp3) is 0.912. The van der Waals surface area contributed by atoms with Crippen molar-refractivity contribution < 1.29 is 109 Å². The molecule has 58 heavy (non-hydrogen) atoms. The second-order valence-electron chi connectivity index (χ2n) is 15.2. The quantitative estimate of drug-likeness (QED) is 0.0450. The molecule has 1 aliphatic carbocycles. The molecule has 0 aromatic carbocycles. The number of carboxylic acid groups (broad SMARTS) is 1. The summed E-state index contributed by atoms with van der Waals surface area (Å²) in [6, 6.07) is -2.80. The number of hydrogen-bond acceptors (Lipinski definition) is 21. The van der Waals surface area contributed by atoms with Crippen LogP contribution in [0.4, 0.5) is 0 Å². The van der Waals surface area contributed by atoms with Crippen LogP contribution in [0.2, 0.25) is 0 Å². The number of hydrogen-bond donors (Lipinski definition) is 15. The number of rotatable bonds is 22. The lowest BCUT2D eigenvalue weighted by atomic mass is 9.68. The molecule has 15 N–H and O–H groups in total. The van der Waals surface area contributed by atoms with Crippen LogP contribution >= 0.6 is 0 Å². The zero-order valence-corrected chi connectivity index (χ0v) is 32.6. The summed E-state index contributed by atoms with van der Waals surface area (Å²) in [5.41, 5.74) is 0. The second kappa shape index (κ2) is 21.0. The molecule has 0 radical (unpaired) electrons. The lowest BCUT2D eigenvalue weighted by Gasteiger charge is -2.59. The highest BCUT2D eigenvalue weighted by molar-refractivity contribution is 5.76. The van der Waals surface area contributed by atoms with Crippen LogP contribution in [0.3, 0.4) is 0 Å². The van der Waals surface area contributed by atoms with E-state index >= 15 is 0 Å². The molecule has 2 heterocycles. The molecule has 338 valence electrons. The van der Waals surface area contributed by atoms with E-state index in [1.165, 1.54) is 20.8 Å². The molecule has 0 aromatic heterocycles. The summed E-state index contributed by atoms with van der Waals surface area (Å²) in [7, 11) is 0. The van der Waals surface area contributed by atoms with Crippen LogP contribution in [0.1, 0.15) is 53.9 Å². The molecule has 0 spiro atoms. The molecule has 24 heteroatoms. The minimum Gasteiger partial charge on any atom is -0.477 e. The maximum Gasteiger partial charge on any atom is 0.364 e. The predicted molar refractivity (Wildman–Crippen MR) is 187 cm³/mol. The second-order valence-corrected chi connectivity index (χ2v) is 15.2. The molecule has 2 saturated heterocycles. The van der Waals surface area contributed by atoms with Crippen molar-refractivity contribution in [2.24, 2.45) is 11.8 Å². The zero-order valence-electron chi connectivity index (χ0n) is 32.6. The van der Waals surface area contributed by atoms with Crippen molar-refractivity contribution in [2.45, 2.75) is 164 Å². The largest absolute Gasteiger partial charge is 0.477 e. The van der Waals surface area contributed by atoms with Crippen molar-refractivity contribution in [2.75, 3.05) is 19.8 Å². The van der Waals surface area contributed by atoms with Crippen LogP contribution < -0.4 is 10.6 Å². The number of aliphatic hydroxyl groups excluding tert-OH is 11. The molecule has 24 nitrogen and oxygen atoms in total. The van der Waals surface area contributed by atoms with Crippen LogP contribution in [-0.4, -0.2) is 214 Å². The molecular formula is C34H60N2O22. The fourth-order valence-corrected chi connectivity index (χ4v) is 7.20. The van der Waals surface area contributed by atoms with Gasteiger partial charge < -0.3 is 105 Å². The summed E-state index contributed by atoms with van der Waals surface area (Å²) in [4.78, 5) is 36.6. The van der Waals surface area contributed by atoms with E-state index in [0.717, 1.165) is 13.8 Å². The van der Waals surface area contributed by atoms with Crippen molar-refractivity contribution in [3.63, 3.8) is 0 Å². The van der Waals surface area contributed by atoms with E-state index in [1.54, 1.807) is 0 Å². The summed E-state index contributed by atoms with van der Waals surface area (Å²) in [6.07, 6.45) is -26.1. The summed E-state index contributed by atoms with van der Waals surface area (Å²) in [5, 5.41) is 141. The molecule has 3 aliphatic rings. The highest BCUT2D eigenvalue weighted by Crippen LogP contribution is 2.51. The molecule has 20 unspecified atom stereocenters. The van der Waals surface area contributed by atoms with Crippen molar-refractivity contribution in [3.8, 4) is 0 Å². The van der Waals surface area contributed by atoms with Gasteiger partial charge in [0.25, 0.3) is 5.79 Å². The fourth-order valence-electron chi connectivity index (χ4n) is 7.20. The number of amides is 2. The van der Waals surface area contributed by atoms with Gasteiger partial charge in [0.05, 0.1) is 74.0 Å². The van der Waals surface area contributed by atoms with E-state index in [1.807, 2.05) is 0 Å². The van der Waals surface area contributed by atoms with Gasteiger partial charge in [-0.2, -0.15) is 0 Å². The molecule has 3 fully saturated rings. The Morgan fingerprint density at radius 3 is 1.98 bits per heavy atom. The van der Waals surface area contributed by atoms with Crippen molar-refractivity contribution >= 4 is 17.8 Å². The summed E-state index contributed by atoms with van der Waals surface area (Å²) >= 11 is 0. The monoisotopic (exact) mass is 848 g/mol. The number of ether oxygens (including phenoxy) is 6. The average Bonchev–Trinajstić information content (AvgIpc) is 3.13. The minimum atomic E-state index is -2.87. The topological polar surface area (TPSA) is 394 Å². The highest BCUT2D eigenvalue weighted by Gasteiger charge is 2.68. The molecular weight excluding hydrogens is 788 g/mol. The number of nitrogens with one attached hydrogen (secondary N) is 2. The Labute approximate surface area is 332 Å². The van der Waals surface area contributed by atoms with E-state index in [0.29, 0.717) is 0 Å². The van der Waals surface area contributed by atoms with E-state index in [9.17, 15) is 80.8 Å². The van der Waals surface area contributed by atoms with Crippen LogP contribution in [0.15, 0.2) is 0 Å². The Kier molecular flexibility index (Phi) is 18.1. The maximum atomic E-state index is 12.7. The van der Waals surface area contributed by atoms with E-state index in [4.69, 9.17) is 28.4 Å². The van der Waals surface area contributed by atoms with Gasteiger partial charge in [0.1, 0.15) is 24.4 Å². The zero-order chi connectivity index (χ0) is 44.0. The van der Waals surface area contributed by atoms with Gasteiger partial charge in [0.15, 0.2) is 24.7 Å². The summed E-state index contributed by atoms with van der Waals surface area (Å²) in [5.74, 6) is -11.2.